The predicted molar refractivity (Wildman–Crippen MR) is 37.9 cm³/mol. The Bertz CT molecular complexity index is 95.0. The molecule has 0 aliphatic rings. The Kier molecular flexibility index (Phi) is 12.2. The van der Waals surface area contributed by atoms with Crippen LogP contribution in [0.25, 0.3) is 0 Å². The number of nitrogens with one attached hydrogen (secondary N) is 1. The molecular weight excluding hydrogens is 145 g/mol. The second kappa shape index (κ2) is 8.81. The molecule has 9 heavy (non-hydrogen) atoms. The van der Waals surface area contributed by atoms with Crippen LogP contribution in [0.1, 0.15) is 0 Å². The van der Waals surface area contributed by atoms with Crippen LogP contribution in [0.4, 0.5) is 0 Å². The molecule has 0 saturated heterocycles. The summed E-state index contributed by atoms with van der Waals surface area (Å²) in [6, 6.07) is 0. The first-order chi connectivity index (χ1) is 3.77. The molecule has 0 aliphatic heterocycles. The molecule has 0 heterocycles. The number of aliphatic carboxylic acids is 1. The zero-order valence-electron chi connectivity index (χ0n) is 4.55. The van der Waals surface area contributed by atoms with E-state index in [2.05, 4.69) is 11.9 Å². The fraction of sp³-hybridized carbons (Fsp3) is 0.400. The van der Waals surface area contributed by atoms with E-state index in [0.29, 0.717) is 6.54 Å². The van der Waals surface area contributed by atoms with Crippen molar-refractivity contribution in [2.24, 2.45) is 0 Å². The van der Waals surface area contributed by atoms with Crippen LogP contribution < -0.4 is 5.32 Å². The molecule has 0 saturated carbocycles. The molecule has 0 aliphatic carbocycles. The Morgan fingerprint density at radius 1 is 1.78 bits per heavy atom. The van der Waals surface area contributed by atoms with E-state index < -0.39 is 5.97 Å². The Balaban J connectivity index is 0. The van der Waals surface area contributed by atoms with Crippen LogP contribution in [0.5, 0.6) is 0 Å². The number of carbonyl (C=O) groups is 1. The fourth-order valence-corrected chi connectivity index (χ4v) is 0.281. The minimum atomic E-state index is -0.841. The van der Waals surface area contributed by atoms with Crippen LogP contribution >= 0.6 is 0 Å². The first kappa shape index (κ1) is 12.5. The van der Waals surface area contributed by atoms with Gasteiger partial charge < -0.3 is 10.4 Å². The van der Waals surface area contributed by atoms with Crippen molar-refractivity contribution < 1.29 is 9.90 Å². The van der Waals surface area contributed by atoms with Gasteiger partial charge in [-0.15, -0.1) is 6.58 Å². The zero-order valence-corrected chi connectivity index (χ0v) is 4.55. The van der Waals surface area contributed by atoms with Gasteiger partial charge in [0, 0.05) is 6.54 Å². The van der Waals surface area contributed by atoms with Gasteiger partial charge in [-0.2, -0.15) is 0 Å². The Morgan fingerprint density at radius 3 is 2.67 bits per heavy atom. The van der Waals surface area contributed by atoms with Crippen molar-refractivity contribution in [2.45, 2.75) is 0 Å². The van der Waals surface area contributed by atoms with Gasteiger partial charge >= 0.3 is 57.4 Å². The fourth-order valence-electron chi connectivity index (χ4n) is 0.281. The maximum absolute atomic E-state index is 9.78. The topological polar surface area (TPSA) is 49.3 Å². The molecule has 0 atom stereocenters. The van der Waals surface area contributed by atoms with Crippen LogP contribution in [0, 0.1) is 0 Å². The first-order valence-corrected chi connectivity index (χ1v) is 2.30. The molecule has 0 radical (unpaired) electrons. The second-order valence-corrected chi connectivity index (χ2v) is 1.31. The van der Waals surface area contributed by atoms with Crippen molar-refractivity contribution in [1.29, 1.82) is 0 Å². The average Bonchev–Trinajstić information content (AvgIpc) is 1.66. The van der Waals surface area contributed by atoms with Gasteiger partial charge in [-0.3, -0.25) is 4.79 Å². The molecule has 0 aromatic carbocycles. The van der Waals surface area contributed by atoms with Crippen LogP contribution in [-0.4, -0.2) is 75.5 Å². The van der Waals surface area contributed by atoms with Crippen LogP contribution in [0.2, 0.25) is 0 Å². The summed E-state index contributed by atoms with van der Waals surface area (Å²) in [5, 5.41) is 10.7. The Labute approximate surface area is 96.9 Å². The number of hydrogen-bond acceptors (Lipinski definition) is 2. The average molecular weight is 155 g/mol. The monoisotopic (exact) mass is 155 g/mol. The second-order valence-electron chi connectivity index (χ2n) is 1.31. The van der Waals surface area contributed by atoms with Crippen molar-refractivity contribution in [2.75, 3.05) is 13.1 Å². The predicted octanol–water partition coefficient (Wildman–Crippen LogP) is -0.802. The van der Waals surface area contributed by atoms with Crippen LogP contribution in [0.3, 0.4) is 0 Å². The minimum absolute atomic E-state index is 0. The summed E-state index contributed by atoms with van der Waals surface area (Å²) in [6.07, 6.45) is 1.61. The van der Waals surface area contributed by atoms with Crippen LogP contribution in [-0.2, 0) is 4.79 Å². The quantitative estimate of drug-likeness (QED) is 0.317. The molecule has 0 spiro atoms. The van der Waals surface area contributed by atoms with E-state index in [0.717, 1.165) is 0 Å². The molecular formula is C5H10KNO2. The van der Waals surface area contributed by atoms with Crippen molar-refractivity contribution >= 4 is 57.4 Å². The Morgan fingerprint density at radius 2 is 2.33 bits per heavy atom. The van der Waals surface area contributed by atoms with Crippen LogP contribution in [0.15, 0.2) is 12.7 Å². The van der Waals surface area contributed by atoms with Gasteiger partial charge in [0.05, 0.1) is 6.54 Å². The molecule has 0 amide bonds. The molecule has 2 N–H and O–H groups in total. The molecule has 48 valence electrons. The van der Waals surface area contributed by atoms with Gasteiger partial charge in [-0.05, 0) is 0 Å². The van der Waals surface area contributed by atoms with Crippen molar-refractivity contribution in [1.82, 2.24) is 5.32 Å². The van der Waals surface area contributed by atoms with E-state index in [1.54, 1.807) is 6.08 Å². The maximum atomic E-state index is 9.78. The summed E-state index contributed by atoms with van der Waals surface area (Å²) in [7, 11) is 0. The number of carboxylic acid groups (broad SMARTS) is 1. The number of rotatable bonds is 4. The third kappa shape index (κ3) is 12.1. The summed E-state index contributed by atoms with van der Waals surface area (Å²) in [5.41, 5.74) is 0. The summed E-state index contributed by atoms with van der Waals surface area (Å²) < 4.78 is 0. The van der Waals surface area contributed by atoms with Gasteiger partial charge in [-0.1, -0.05) is 6.08 Å². The van der Waals surface area contributed by atoms with E-state index >= 15 is 0 Å². The van der Waals surface area contributed by atoms with E-state index in [-0.39, 0.29) is 57.9 Å². The van der Waals surface area contributed by atoms with E-state index in [4.69, 9.17) is 5.11 Å². The summed E-state index contributed by atoms with van der Waals surface area (Å²) in [5.74, 6) is -0.841. The number of carboxylic acids is 1. The first-order valence-electron chi connectivity index (χ1n) is 2.30. The molecule has 0 unspecified atom stereocenters. The standard InChI is InChI=1S/C5H9NO2.K.H/c1-2-3-6-4-5(7)8;;/h2,6H,1,3-4H2,(H,7,8);;. The van der Waals surface area contributed by atoms with Gasteiger partial charge in [0.15, 0.2) is 0 Å². The summed E-state index contributed by atoms with van der Waals surface area (Å²) >= 11 is 0. The normalized spacial score (nSPS) is 7.56. The van der Waals surface area contributed by atoms with Crippen molar-refractivity contribution in [3.63, 3.8) is 0 Å². The molecule has 0 fully saturated rings. The van der Waals surface area contributed by atoms with E-state index in [1.807, 2.05) is 0 Å². The third-order valence-electron chi connectivity index (χ3n) is 0.565. The molecule has 0 aromatic rings. The van der Waals surface area contributed by atoms with Gasteiger partial charge in [0.25, 0.3) is 0 Å². The third-order valence-corrected chi connectivity index (χ3v) is 0.565. The van der Waals surface area contributed by atoms with Crippen molar-refractivity contribution in [3.05, 3.63) is 12.7 Å². The summed E-state index contributed by atoms with van der Waals surface area (Å²) in [6.45, 7) is 3.96. The Hall–Kier alpha value is 0.806. The van der Waals surface area contributed by atoms with Gasteiger partial charge in [0.2, 0.25) is 0 Å². The van der Waals surface area contributed by atoms with E-state index in [1.165, 1.54) is 0 Å². The summed E-state index contributed by atoms with van der Waals surface area (Å²) in [4.78, 5) is 9.78. The van der Waals surface area contributed by atoms with Gasteiger partial charge in [0.1, 0.15) is 0 Å². The molecule has 4 heteroatoms. The SMILES string of the molecule is C=CCNCC(=O)O.[KH]. The number of hydrogen-bond donors (Lipinski definition) is 2. The van der Waals surface area contributed by atoms with Gasteiger partial charge in [-0.25, -0.2) is 0 Å². The molecule has 3 nitrogen and oxygen atoms in total. The molecule has 0 rings (SSSR count). The van der Waals surface area contributed by atoms with Crippen molar-refractivity contribution in [3.8, 4) is 0 Å². The molecule has 0 aromatic heterocycles. The molecule has 0 bridgehead atoms. The van der Waals surface area contributed by atoms with E-state index in [9.17, 15) is 4.79 Å². The zero-order chi connectivity index (χ0) is 6.41.